The van der Waals surface area contributed by atoms with Gasteiger partial charge >= 0.3 is 11.9 Å². The highest BCUT2D eigenvalue weighted by Crippen LogP contribution is 2.43. The molecule has 2 aliphatic heterocycles. The molecule has 5 aromatic rings. The fraction of sp³-hybridized carbons (Fsp3) is 0.229. The van der Waals surface area contributed by atoms with Crippen molar-refractivity contribution in [3.05, 3.63) is 178 Å². The van der Waals surface area contributed by atoms with Crippen LogP contribution in [0.1, 0.15) is 55.1 Å². The zero-order valence-electron chi connectivity index (χ0n) is 34.9. The maximum Gasteiger partial charge on any atom is 0.355 e. The zero-order valence-corrected chi connectivity index (χ0v) is 36.5. The van der Waals surface area contributed by atoms with Gasteiger partial charge in [0.2, 0.25) is 5.60 Å². The van der Waals surface area contributed by atoms with Gasteiger partial charge in [0, 0.05) is 40.2 Å². The molecule has 4 heterocycles. The number of nitrogens with two attached hydrogens (primary N) is 1. The molecule has 0 spiro atoms. The van der Waals surface area contributed by atoms with Gasteiger partial charge in [-0.1, -0.05) is 141 Å². The molecule has 2 amide bonds. The van der Waals surface area contributed by atoms with Crippen LogP contribution in [0, 0.1) is 5.92 Å². The predicted molar refractivity (Wildman–Crippen MR) is 244 cm³/mol. The Morgan fingerprint density at radius 2 is 1.59 bits per heavy atom. The van der Waals surface area contributed by atoms with Crippen molar-refractivity contribution in [1.29, 1.82) is 0 Å². The molecule has 0 unspecified atom stereocenters. The summed E-state index contributed by atoms with van der Waals surface area (Å²) >= 11 is 2.49. The number of nitrogens with zero attached hydrogens (tertiary/aromatic N) is 4. The Kier molecular flexibility index (Phi) is 14.3. The van der Waals surface area contributed by atoms with Gasteiger partial charge in [0.05, 0.1) is 12.2 Å². The van der Waals surface area contributed by atoms with E-state index in [-0.39, 0.29) is 52.7 Å². The third kappa shape index (κ3) is 9.95. The number of fused-ring (bicyclic) bond motifs is 1. The highest BCUT2D eigenvalue weighted by Gasteiger charge is 2.54. The van der Waals surface area contributed by atoms with Crippen LogP contribution in [-0.2, 0) is 39.1 Å². The molecule has 2 aliphatic rings. The van der Waals surface area contributed by atoms with Crippen molar-refractivity contribution in [1.82, 2.24) is 20.2 Å². The fourth-order valence-corrected chi connectivity index (χ4v) is 8.89. The lowest BCUT2D eigenvalue weighted by molar-refractivity contribution is -0.152. The number of rotatable bonds is 17. The molecule has 0 bridgehead atoms. The number of ether oxygens (including phenoxy) is 2. The van der Waals surface area contributed by atoms with Gasteiger partial charge in [-0.15, -0.1) is 23.1 Å². The van der Waals surface area contributed by atoms with Crippen LogP contribution in [0.4, 0.5) is 5.13 Å². The summed E-state index contributed by atoms with van der Waals surface area (Å²) in [5, 5.41) is 8.52. The third-order valence-electron chi connectivity index (χ3n) is 10.1. The first-order valence-corrected chi connectivity index (χ1v) is 22.3. The first-order chi connectivity index (χ1) is 30.6. The smallest absolute Gasteiger partial charge is 0.355 e. The van der Waals surface area contributed by atoms with Gasteiger partial charge in [0.1, 0.15) is 29.4 Å². The zero-order chi connectivity index (χ0) is 44.3. The van der Waals surface area contributed by atoms with Gasteiger partial charge in [0.15, 0.2) is 10.8 Å². The second kappa shape index (κ2) is 20.4. The number of β-lactam (4-membered cyclic amide) rings is 1. The number of allylic oxidation sites excluding steroid dienone is 2. The minimum atomic E-state index is -1.32. The van der Waals surface area contributed by atoms with Crippen LogP contribution in [0.5, 0.6) is 0 Å². The van der Waals surface area contributed by atoms with E-state index in [9.17, 15) is 19.2 Å². The number of carbonyl (C=O) groups excluding carboxylic acids is 4. The number of esters is 2. The molecule has 3 N–H and O–H groups in total. The Morgan fingerprint density at radius 3 is 2.14 bits per heavy atom. The molecule has 2 aromatic heterocycles. The molecule has 63 heavy (non-hydrogen) atoms. The molecular formula is C48H46N6O7S2. The monoisotopic (exact) mass is 882 g/mol. The second-order valence-corrected chi connectivity index (χ2v) is 16.9. The topological polar surface area (TPSA) is 175 Å². The molecule has 1 saturated heterocycles. The number of thiazole rings is 1. The minimum absolute atomic E-state index is 0.00338. The van der Waals surface area contributed by atoms with Crippen molar-refractivity contribution >= 4 is 63.8 Å². The van der Waals surface area contributed by atoms with Crippen LogP contribution in [0.15, 0.2) is 155 Å². The summed E-state index contributed by atoms with van der Waals surface area (Å²) in [6.07, 6.45) is 9.00. The number of pyridine rings is 1. The number of oxime groups is 1. The number of hydrogen-bond donors (Lipinski definition) is 2. The molecular weight excluding hydrogens is 837 g/mol. The molecule has 1 fully saturated rings. The minimum Gasteiger partial charge on any atom is -0.462 e. The number of anilines is 1. The van der Waals surface area contributed by atoms with Crippen molar-refractivity contribution in [2.45, 2.75) is 44.2 Å². The molecule has 3 aromatic carbocycles. The maximum absolute atomic E-state index is 14.5. The van der Waals surface area contributed by atoms with E-state index in [0.29, 0.717) is 12.0 Å². The molecule has 2 atom stereocenters. The average molecular weight is 883 g/mol. The van der Waals surface area contributed by atoms with Crippen LogP contribution in [0.3, 0.4) is 0 Å². The largest absolute Gasteiger partial charge is 0.462 e. The number of nitrogens with one attached hydrogen (secondary N) is 1. The van der Waals surface area contributed by atoms with Crippen molar-refractivity contribution < 1.29 is 33.5 Å². The molecule has 13 nitrogen and oxygen atoms in total. The van der Waals surface area contributed by atoms with Gasteiger partial charge in [-0.25, -0.2) is 14.6 Å². The standard InChI is InChI=1S/C48H46N6O7S2/c1-4-15-33(45(57)59-27-31(2)3)28-60-46(58)41-34(24-23-32-16-14-25-50-26-32)29-62-44-40(43(56)54(41)44)52-42(55)39(38-30-63-47(49)51-38)53-61-48(35-17-8-5-9-18-35,36-19-10-6-11-20-36)37-21-12-7-13-22-37/h5-26,30-31,40,44H,4,27-29H2,1-3H3,(H2,49,51)(H,52,55)/b24-23-,33-15+,53-39?/t40-,44+/m1/s1. The number of aromatic nitrogens is 2. The summed E-state index contributed by atoms with van der Waals surface area (Å²) in [4.78, 5) is 72.2. The van der Waals surface area contributed by atoms with E-state index < -0.39 is 40.8 Å². The summed E-state index contributed by atoms with van der Waals surface area (Å²) in [5.41, 5.74) is 8.40. The number of benzene rings is 3. The Bertz CT molecular complexity index is 2450. The van der Waals surface area contributed by atoms with Crippen LogP contribution in [0.25, 0.3) is 6.08 Å². The third-order valence-corrected chi connectivity index (χ3v) is 12.0. The van der Waals surface area contributed by atoms with Gasteiger partial charge in [-0.3, -0.25) is 19.5 Å². The van der Waals surface area contributed by atoms with E-state index in [2.05, 4.69) is 20.4 Å². The lowest BCUT2D eigenvalue weighted by Crippen LogP contribution is -2.71. The second-order valence-electron chi connectivity index (χ2n) is 14.9. The van der Waals surface area contributed by atoms with Crippen molar-refractivity contribution in [3.63, 3.8) is 0 Å². The summed E-state index contributed by atoms with van der Waals surface area (Å²) < 4.78 is 11.2. The van der Waals surface area contributed by atoms with Crippen LogP contribution in [0.2, 0.25) is 0 Å². The number of carbonyl (C=O) groups is 4. The number of amides is 2. The van der Waals surface area contributed by atoms with Gasteiger partial charge in [0.25, 0.3) is 11.8 Å². The highest BCUT2D eigenvalue weighted by molar-refractivity contribution is 8.00. The van der Waals surface area contributed by atoms with Gasteiger partial charge < -0.3 is 25.4 Å². The lowest BCUT2D eigenvalue weighted by Gasteiger charge is -2.49. The van der Waals surface area contributed by atoms with E-state index in [0.717, 1.165) is 33.6 Å². The van der Waals surface area contributed by atoms with E-state index in [1.807, 2.05) is 118 Å². The van der Waals surface area contributed by atoms with Crippen molar-refractivity contribution in [2.75, 3.05) is 24.7 Å². The highest BCUT2D eigenvalue weighted by atomic mass is 32.2. The first kappa shape index (κ1) is 44.2. The number of thioether (sulfide) groups is 1. The average Bonchev–Trinajstić information content (AvgIpc) is 3.75. The molecule has 0 aliphatic carbocycles. The Balaban J connectivity index is 1.19. The Morgan fingerprint density at radius 1 is 0.937 bits per heavy atom. The quantitative estimate of drug-likeness (QED) is 0.0240. The molecule has 15 heteroatoms. The normalized spacial score (nSPS) is 16.7. The van der Waals surface area contributed by atoms with E-state index >= 15 is 0 Å². The van der Waals surface area contributed by atoms with E-state index in [1.54, 1.807) is 42.1 Å². The van der Waals surface area contributed by atoms with Crippen LogP contribution >= 0.6 is 23.1 Å². The Hall–Kier alpha value is -6.84. The van der Waals surface area contributed by atoms with Crippen molar-refractivity contribution in [2.24, 2.45) is 11.1 Å². The molecule has 0 saturated carbocycles. The van der Waals surface area contributed by atoms with E-state index in [4.69, 9.17) is 20.0 Å². The SMILES string of the molecule is CC/C=C(\COC(=O)C1=C(/C=C\c2cccnc2)CS[C@H]2[C@H](NC(=O)C(=NOC(c3ccccc3)(c3ccccc3)c3ccccc3)c3csc(N)n3)C(=O)N12)C(=O)OCC(C)C. The molecule has 7 rings (SSSR count). The number of nitrogen functional groups attached to an aromatic ring is 1. The summed E-state index contributed by atoms with van der Waals surface area (Å²) in [6, 6.07) is 31.2. The summed E-state index contributed by atoms with van der Waals surface area (Å²) in [6.45, 7) is 5.55. The van der Waals surface area contributed by atoms with Gasteiger partial charge in [-0.05, 0) is 29.5 Å². The predicted octanol–water partition coefficient (Wildman–Crippen LogP) is 7.28. The molecule has 0 radical (unpaired) electrons. The lowest BCUT2D eigenvalue weighted by atomic mass is 9.80. The van der Waals surface area contributed by atoms with Crippen molar-refractivity contribution in [3.8, 4) is 0 Å². The van der Waals surface area contributed by atoms with Crippen LogP contribution in [-0.4, -0.2) is 74.7 Å². The number of hydrogen-bond acceptors (Lipinski definition) is 13. The first-order valence-electron chi connectivity index (χ1n) is 20.3. The summed E-state index contributed by atoms with van der Waals surface area (Å²) in [7, 11) is 0. The Labute approximate surface area is 373 Å². The maximum atomic E-state index is 14.5. The molecule has 322 valence electrons. The van der Waals surface area contributed by atoms with Gasteiger partial charge in [-0.2, -0.15) is 0 Å². The van der Waals surface area contributed by atoms with E-state index in [1.165, 1.54) is 16.7 Å². The fourth-order valence-electron chi connectivity index (χ4n) is 7.03. The van der Waals surface area contributed by atoms with Crippen LogP contribution < -0.4 is 11.1 Å². The summed E-state index contributed by atoms with van der Waals surface area (Å²) in [5.74, 6) is -2.29.